The lowest BCUT2D eigenvalue weighted by Crippen LogP contribution is -2.40. The molecule has 1 amide bonds. The van der Waals surface area contributed by atoms with E-state index in [9.17, 15) is 27.2 Å². The van der Waals surface area contributed by atoms with E-state index in [0.29, 0.717) is 24.0 Å². The number of nitrogens with one attached hydrogen (secondary N) is 2. The molecule has 2 aromatic rings. The summed E-state index contributed by atoms with van der Waals surface area (Å²) in [4.78, 5) is 40.1. The van der Waals surface area contributed by atoms with Gasteiger partial charge in [0.1, 0.15) is 24.3 Å². The average Bonchev–Trinajstić information content (AvgIpc) is 2.76. The van der Waals surface area contributed by atoms with Crippen molar-refractivity contribution in [2.45, 2.75) is 44.2 Å². The van der Waals surface area contributed by atoms with Crippen molar-refractivity contribution in [3.05, 3.63) is 57.8 Å². The summed E-state index contributed by atoms with van der Waals surface area (Å²) in [5, 5.41) is 2.51. The molecule has 1 aromatic heterocycles. The number of hydrogen-bond acceptors (Lipinski definition) is 6. The molecular weight excluding hydrogens is 467 g/mol. The average molecular weight is 495 g/mol. The molecule has 6 N–H and O–H groups in total. The first-order valence-electron chi connectivity index (χ1n) is 10.2. The third-order valence-corrected chi connectivity index (χ3v) is 6.36. The molecule has 0 radical (unpaired) electrons. The number of anilines is 1. The lowest BCUT2D eigenvalue weighted by molar-refractivity contribution is -0.124. The van der Waals surface area contributed by atoms with Gasteiger partial charge in [0.25, 0.3) is 15.6 Å². The molecular formula is C21H27FN6O5S. The van der Waals surface area contributed by atoms with Crippen LogP contribution in [0.1, 0.15) is 24.1 Å². The van der Waals surface area contributed by atoms with Gasteiger partial charge in [0.2, 0.25) is 5.91 Å². The number of sulfonamides is 1. The molecule has 0 fully saturated rings. The van der Waals surface area contributed by atoms with Crippen LogP contribution in [0.25, 0.3) is 0 Å². The standard InChI is InChI=1S/C21H27FN6O5S/c1-13-5-7-15(22)10-18(13)34(32,33)27-17-8-6-14(2)28(20(17)31)11-19(30)26-16(12-29)4-3-9-25-21(23)24/h5-8,10,12,16,27H,3-4,9,11H2,1-2H3,(H,26,30)(H4,23,24,25). The second kappa shape index (κ2) is 11.4. The van der Waals surface area contributed by atoms with E-state index < -0.39 is 39.9 Å². The number of halogens is 1. The minimum absolute atomic E-state index is 0.0791. The molecule has 0 spiro atoms. The zero-order valence-corrected chi connectivity index (χ0v) is 19.6. The maximum atomic E-state index is 13.6. The van der Waals surface area contributed by atoms with E-state index >= 15 is 0 Å². The van der Waals surface area contributed by atoms with E-state index in [-0.39, 0.29) is 29.5 Å². The summed E-state index contributed by atoms with van der Waals surface area (Å²) in [5.74, 6) is -1.44. The Balaban J connectivity index is 2.18. The quantitative estimate of drug-likeness (QED) is 0.148. The molecule has 0 saturated carbocycles. The number of guanidine groups is 1. The van der Waals surface area contributed by atoms with Crippen molar-refractivity contribution in [3.63, 3.8) is 0 Å². The van der Waals surface area contributed by atoms with Crippen molar-refractivity contribution < 1.29 is 22.4 Å². The molecule has 11 nitrogen and oxygen atoms in total. The largest absolute Gasteiger partial charge is 0.370 e. The number of benzene rings is 1. The van der Waals surface area contributed by atoms with E-state index in [4.69, 9.17) is 11.5 Å². The third kappa shape index (κ3) is 7.13. The van der Waals surface area contributed by atoms with Crippen molar-refractivity contribution >= 4 is 33.9 Å². The van der Waals surface area contributed by atoms with E-state index in [0.717, 1.165) is 16.7 Å². The minimum Gasteiger partial charge on any atom is -0.370 e. The maximum Gasteiger partial charge on any atom is 0.275 e. The summed E-state index contributed by atoms with van der Waals surface area (Å²) in [6, 6.07) is 5.19. The van der Waals surface area contributed by atoms with Crippen LogP contribution < -0.4 is 27.1 Å². The molecule has 184 valence electrons. The summed E-state index contributed by atoms with van der Waals surface area (Å²) in [6.45, 7) is 2.90. The molecule has 1 aromatic carbocycles. The van der Waals surface area contributed by atoms with E-state index in [1.807, 2.05) is 0 Å². The first-order valence-corrected chi connectivity index (χ1v) is 11.7. The number of carbonyl (C=O) groups excluding carboxylic acids is 2. The van der Waals surface area contributed by atoms with Gasteiger partial charge in [0.05, 0.1) is 10.9 Å². The molecule has 1 atom stereocenters. The van der Waals surface area contributed by atoms with E-state index in [2.05, 4.69) is 15.0 Å². The molecule has 13 heteroatoms. The van der Waals surface area contributed by atoms with Crippen LogP contribution in [0.2, 0.25) is 0 Å². The fourth-order valence-electron chi connectivity index (χ4n) is 3.10. The Bertz CT molecular complexity index is 1250. The van der Waals surface area contributed by atoms with Crippen molar-refractivity contribution in [2.24, 2.45) is 16.5 Å². The SMILES string of the molecule is Cc1ccc(F)cc1S(=O)(=O)Nc1ccc(C)n(CC(=O)NC(C=O)CCCN=C(N)N)c1=O. The molecule has 34 heavy (non-hydrogen) atoms. The van der Waals surface area contributed by atoms with Crippen molar-refractivity contribution in [3.8, 4) is 0 Å². The van der Waals surface area contributed by atoms with Crippen LogP contribution in [0, 0.1) is 19.7 Å². The Kier molecular flexibility index (Phi) is 8.90. The van der Waals surface area contributed by atoms with Gasteiger partial charge in [-0.05, 0) is 56.5 Å². The fourth-order valence-corrected chi connectivity index (χ4v) is 4.41. The van der Waals surface area contributed by atoms with Crippen molar-refractivity contribution in [2.75, 3.05) is 11.3 Å². The number of aromatic nitrogens is 1. The number of aldehydes is 1. The highest BCUT2D eigenvalue weighted by Gasteiger charge is 2.21. The molecule has 0 aliphatic heterocycles. The monoisotopic (exact) mass is 494 g/mol. The van der Waals surface area contributed by atoms with Gasteiger partial charge in [-0.15, -0.1) is 0 Å². The maximum absolute atomic E-state index is 13.6. The number of amides is 1. The molecule has 0 aliphatic rings. The predicted molar refractivity (Wildman–Crippen MR) is 125 cm³/mol. The zero-order valence-electron chi connectivity index (χ0n) is 18.7. The Morgan fingerprint density at radius 3 is 2.59 bits per heavy atom. The number of carbonyl (C=O) groups is 2. The van der Waals surface area contributed by atoms with Crippen molar-refractivity contribution in [1.82, 2.24) is 9.88 Å². The van der Waals surface area contributed by atoms with Gasteiger partial charge in [-0.3, -0.25) is 19.3 Å². The number of pyridine rings is 1. The number of hydrogen-bond donors (Lipinski definition) is 4. The topological polar surface area (TPSA) is 179 Å². The van der Waals surface area contributed by atoms with Crippen LogP contribution >= 0.6 is 0 Å². The molecule has 0 saturated heterocycles. The zero-order chi connectivity index (χ0) is 25.5. The molecule has 1 unspecified atom stereocenters. The second-order valence-electron chi connectivity index (χ2n) is 7.55. The Labute approximate surface area is 196 Å². The highest BCUT2D eigenvalue weighted by Crippen LogP contribution is 2.19. The van der Waals surface area contributed by atoms with Gasteiger partial charge in [-0.2, -0.15) is 0 Å². The summed E-state index contributed by atoms with van der Waals surface area (Å²) in [5.41, 5.74) is 10.1. The van der Waals surface area contributed by atoms with Gasteiger partial charge >= 0.3 is 0 Å². The van der Waals surface area contributed by atoms with Crippen LogP contribution in [0.3, 0.4) is 0 Å². The Morgan fingerprint density at radius 2 is 1.94 bits per heavy atom. The molecule has 0 bridgehead atoms. The van der Waals surface area contributed by atoms with Gasteiger partial charge in [-0.25, -0.2) is 12.8 Å². The minimum atomic E-state index is -4.27. The normalized spacial score (nSPS) is 12.0. The Morgan fingerprint density at radius 1 is 1.24 bits per heavy atom. The fraction of sp³-hybridized carbons (Fsp3) is 0.333. The van der Waals surface area contributed by atoms with Crippen LogP contribution in [0.4, 0.5) is 10.1 Å². The molecule has 2 rings (SSSR count). The number of aryl methyl sites for hydroxylation is 2. The number of aliphatic imine (C=N–C) groups is 1. The number of nitrogens with two attached hydrogens (primary N) is 2. The second-order valence-corrected chi connectivity index (χ2v) is 9.20. The lowest BCUT2D eigenvalue weighted by atomic mass is 10.2. The van der Waals surface area contributed by atoms with Gasteiger partial charge in [0, 0.05) is 12.2 Å². The lowest BCUT2D eigenvalue weighted by Gasteiger charge is -2.16. The number of nitrogens with zero attached hydrogens (tertiary/aromatic N) is 2. The van der Waals surface area contributed by atoms with E-state index in [1.54, 1.807) is 6.92 Å². The van der Waals surface area contributed by atoms with Crippen LogP contribution in [-0.4, -0.2) is 43.7 Å². The molecule has 1 heterocycles. The first kappa shape index (κ1) is 26.5. The number of rotatable bonds is 11. The third-order valence-electron chi connectivity index (χ3n) is 4.86. The summed E-state index contributed by atoms with van der Waals surface area (Å²) in [6.07, 6.45) is 1.29. The highest BCUT2D eigenvalue weighted by atomic mass is 32.2. The van der Waals surface area contributed by atoms with Gasteiger partial charge in [-0.1, -0.05) is 6.07 Å². The smallest absolute Gasteiger partial charge is 0.275 e. The summed E-state index contributed by atoms with van der Waals surface area (Å²) >= 11 is 0. The van der Waals surface area contributed by atoms with Gasteiger partial charge < -0.3 is 26.1 Å². The Hall–Kier alpha value is -3.74. The van der Waals surface area contributed by atoms with Crippen LogP contribution in [0.5, 0.6) is 0 Å². The van der Waals surface area contributed by atoms with Crippen molar-refractivity contribution in [1.29, 1.82) is 0 Å². The summed E-state index contributed by atoms with van der Waals surface area (Å²) < 4.78 is 42.3. The first-order chi connectivity index (χ1) is 15.9. The predicted octanol–water partition coefficient (Wildman–Crippen LogP) is 0.142. The van der Waals surface area contributed by atoms with Crippen LogP contribution in [-0.2, 0) is 26.2 Å². The summed E-state index contributed by atoms with van der Waals surface area (Å²) in [7, 11) is -4.27. The van der Waals surface area contributed by atoms with E-state index in [1.165, 1.54) is 25.1 Å². The van der Waals surface area contributed by atoms with Gasteiger partial charge in [0.15, 0.2) is 5.96 Å². The highest BCUT2D eigenvalue weighted by molar-refractivity contribution is 7.92. The molecule has 0 aliphatic carbocycles. The van der Waals surface area contributed by atoms with Crippen LogP contribution in [0.15, 0.2) is 45.0 Å².